The standard InChI is InChI=1S/C19H22N2O5S2/c1-13-8-9-15(10-14(13)2)28(24,25)20-11-19(23)26-12-18(22)21-16-6-4-5-7-17(16)27-3/h4-10,20H,11-12H2,1-3H3,(H,21,22). The minimum absolute atomic E-state index is 0.0646. The normalized spacial score (nSPS) is 11.1. The molecule has 0 aliphatic carbocycles. The van der Waals surface area contributed by atoms with Crippen LogP contribution in [-0.2, 0) is 24.3 Å². The number of rotatable bonds is 8. The van der Waals surface area contributed by atoms with Gasteiger partial charge in [-0.3, -0.25) is 9.59 Å². The average Bonchev–Trinajstić information content (AvgIpc) is 2.67. The van der Waals surface area contributed by atoms with E-state index in [0.29, 0.717) is 5.69 Å². The predicted octanol–water partition coefficient (Wildman–Crippen LogP) is 2.49. The van der Waals surface area contributed by atoms with E-state index in [-0.39, 0.29) is 4.90 Å². The van der Waals surface area contributed by atoms with Crippen LogP contribution in [0.15, 0.2) is 52.3 Å². The summed E-state index contributed by atoms with van der Waals surface area (Å²) in [7, 11) is -3.84. The van der Waals surface area contributed by atoms with Crippen molar-refractivity contribution >= 4 is 39.3 Å². The van der Waals surface area contributed by atoms with E-state index in [1.807, 2.05) is 25.3 Å². The molecule has 2 aromatic rings. The summed E-state index contributed by atoms with van der Waals surface area (Å²) in [6.07, 6.45) is 1.88. The Balaban J connectivity index is 1.85. The first-order valence-electron chi connectivity index (χ1n) is 8.38. The van der Waals surface area contributed by atoms with Crippen molar-refractivity contribution in [1.82, 2.24) is 4.72 Å². The highest BCUT2D eigenvalue weighted by Gasteiger charge is 2.17. The lowest BCUT2D eigenvalue weighted by atomic mass is 10.1. The minimum Gasteiger partial charge on any atom is -0.455 e. The third-order valence-electron chi connectivity index (χ3n) is 3.94. The Kier molecular flexibility index (Phi) is 7.61. The summed E-state index contributed by atoms with van der Waals surface area (Å²) in [5.41, 5.74) is 2.41. The lowest BCUT2D eigenvalue weighted by molar-refractivity contribution is -0.146. The molecule has 2 rings (SSSR count). The van der Waals surface area contributed by atoms with Crippen LogP contribution in [0.3, 0.4) is 0 Å². The molecule has 2 N–H and O–H groups in total. The zero-order chi connectivity index (χ0) is 20.7. The van der Waals surface area contributed by atoms with Crippen LogP contribution in [0.25, 0.3) is 0 Å². The molecule has 0 bridgehead atoms. The number of hydrogen-bond acceptors (Lipinski definition) is 6. The number of para-hydroxylation sites is 1. The molecular formula is C19H22N2O5S2. The van der Waals surface area contributed by atoms with Gasteiger partial charge in [0, 0.05) is 4.90 Å². The zero-order valence-corrected chi connectivity index (χ0v) is 17.4. The number of sulfonamides is 1. The summed E-state index contributed by atoms with van der Waals surface area (Å²) in [5, 5.41) is 2.65. The molecule has 0 aliphatic rings. The Morgan fingerprint density at radius 3 is 2.46 bits per heavy atom. The molecule has 0 atom stereocenters. The van der Waals surface area contributed by atoms with E-state index in [4.69, 9.17) is 4.74 Å². The molecule has 0 heterocycles. The van der Waals surface area contributed by atoms with Crippen LogP contribution in [0.5, 0.6) is 0 Å². The predicted molar refractivity (Wildman–Crippen MR) is 109 cm³/mol. The number of aryl methyl sites for hydroxylation is 2. The Labute approximate surface area is 168 Å². The van der Waals surface area contributed by atoms with E-state index < -0.39 is 35.1 Å². The topological polar surface area (TPSA) is 102 Å². The van der Waals surface area contributed by atoms with Gasteiger partial charge in [-0.2, -0.15) is 4.72 Å². The molecule has 1 amide bonds. The van der Waals surface area contributed by atoms with Crippen molar-refractivity contribution in [2.24, 2.45) is 0 Å². The number of anilines is 1. The van der Waals surface area contributed by atoms with E-state index >= 15 is 0 Å². The molecule has 0 unspecified atom stereocenters. The molecular weight excluding hydrogens is 400 g/mol. The van der Waals surface area contributed by atoms with E-state index in [1.54, 1.807) is 25.1 Å². The van der Waals surface area contributed by atoms with Crippen LogP contribution in [-0.4, -0.2) is 39.7 Å². The fourth-order valence-corrected chi connectivity index (χ4v) is 3.86. The molecule has 0 radical (unpaired) electrons. The maximum Gasteiger partial charge on any atom is 0.321 e. The summed E-state index contributed by atoms with van der Waals surface area (Å²) >= 11 is 1.47. The molecule has 0 aromatic heterocycles. The lowest BCUT2D eigenvalue weighted by Gasteiger charge is -2.10. The Bertz CT molecular complexity index is 974. The first-order chi connectivity index (χ1) is 13.2. The van der Waals surface area contributed by atoms with Crippen LogP contribution in [0.1, 0.15) is 11.1 Å². The zero-order valence-electron chi connectivity index (χ0n) is 15.8. The lowest BCUT2D eigenvalue weighted by Crippen LogP contribution is -2.32. The van der Waals surface area contributed by atoms with Gasteiger partial charge in [0.1, 0.15) is 6.54 Å². The van der Waals surface area contributed by atoms with E-state index in [9.17, 15) is 18.0 Å². The number of benzene rings is 2. The number of hydrogen-bond donors (Lipinski definition) is 2. The maximum atomic E-state index is 12.2. The van der Waals surface area contributed by atoms with Gasteiger partial charge in [0.15, 0.2) is 6.61 Å². The minimum atomic E-state index is -3.84. The number of carbonyl (C=O) groups is 2. The highest BCUT2D eigenvalue weighted by molar-refractivity contribution is 7.98. The second-order valence-electron chi connectivity index (χ2n) is 5.98. The molecule has 9 heteroatoms. The molecule has 0 saturated carbocycles. The van der Waals surface area contributed by atoms with Crippen molar-refractivity contribution in [2.45, 2.75) is 23.6 Å². The van der Waals surface area contributed by atoms with Gasteiger partial charge in [-0.1, -0.05) is 18.2 Å². The fraction of sp³-hybridized carbons (Fsp3) is 0.263. The molecule has 28 heavy (non-hydrogen) atoms. The van der Waals surface area contributed by atoms with Gasteiger partial charge in [-0.25, -0.2) is 8.42 Å². The van der Waals surface area contributed by atoms with Gasteiger partial charge in [0.25, 0.3) is 5.91 Å². The monoisotopic (exact) mass is 422 g/mol. The third kappa shape index (κ3) is 6.08. The maximum absolute atomic E-state index is 12.2. The second-order valence-corrected chi connectivity index (χ2v) is 8.59. The quantitative estimate of drug-likeness (QED) is 0.501. The van der Waals surface area contributed by atoms with Gasteiger partial charge in [0.05, 0.1) is 10.6 Å². The summed E-state index contributed by atoms with van der Waals surface area (Å²) < 4.78 is 31.5. The number of ether oxygens (including phenoxy) is 1. The van der Waals surface area contributed by atoms with Crippen LogP contribution in [0.2, 0.25) is 0 Å². The van der Waals surface area contributed by atoms with Crippen LogP contribution >= 0.6 is 11.8 Å². The summed E-state index contributed by atoms with van der Waals surface area (Å²) in [6, 6.07) is 11.9. The van der Waals surface area contributed by atoms with Crippen molar-refractivity contribution in [1.29, 1.82) is 0 Å². The van der Waals surface area contributed by atoms with Gasteiger partial charge in [0.2, 0.25) is 10.0 Å². The number of esters is 1. The van der Waals surface area contributed by atoms with E-state index in [0.717, 1.165) is 16.0 Å². The van der Waals surface area contributed by atoms with Gasteiger partial charge in [-0.05, 0) is 55.5 Å². The SMILES string of the molecule is CSc1ccccc1NC(=O)COC(=O)CNS(=O)(=O)c1ccc(C)c(C)c1. The third-order valence-corrected chi connectivity index (χ3v) is 6.14. The Morgan fingerprint density at radius 2 is 1.79 bits per heavy atom. The molecule has 150 valence electrons. The van der Waals surface area contributed by atoms with Crippen molar-refractivity contribution < 1.29 is 22.7 Å². The van der Waals surface area contributed by atoms with E-state index in [1.165, 1.54) is 23.9 Å². The summed E-state index contributed by atoms with van der Waals surface area (Å²) in [5.74, 6) is -1.35. The molecule has 0 fully saturated rings. The molecule has 0 aliphatic heterocycles. The van der Waals surface area contributed by atoms with Gasteiger partial charge in [-0.15, -0.1) is 11.8 Å². The number of nitrogens with one attached hydrogen (secondary N) is 2. The second kappa shape index (κ2) is 9.72. The van der Waals surface area contributed by atoms with Crippen LogP contribution in [0.4, 0.5) is 5.69 Å². The first-order valence-corrected chi connectivity index (χ1v) is 11.1. The van der Waals surface area contributed by atoms with Crippen molar-refractivity contribution in [2.75, 3.05) is 24.7 Å². The van der Waals surface area contributed by atoms with Crippen molar-refractivity contribution in [3.63, 3.8) is 0 Å². The summed E-state index contributed by atoms with van der Waals surface area (Å²) in [4.78, 5) is 24.7. The smallest absolute Gasteiger partial charge is 0.321 e. The Morgan fingerprint density at radius 1 is 1.07 bits per heavy atom. The summed E-state index contributed by atoms with van der Waals surface area (Å²) in [6.45, 7) is 2.60. The van der Waals surface area contributed by atoms with Crippen LogP contribution < -0.4 is 10.0 Å². The van der Waals surface area contributed by atoms with Crippen molar-refractivity contribution in [3.8, 4) is 0 Å². The molecule has 7 nitrogen and oxygen atoms in total. The van der Waals surface area contributed by atoms with Crippen LogP contribution in [0, 0.1) is 13.8 Å². The largest absolute Gasteiger partial charge is 0.455 e. The fourth-order valence-electron chi connectivity index (χ4n) is 2.25. The first kappa shape index (κ1) is 21.9. The van der Waals surface area contributed by atoms with Gasteiger partial charge < -0.3 is 10.1 Å². The highest BCUT2D eigenvalue weighted by atomic mass is 32.2. The number of amides is 1. The Hall–Kier alpha value is -2.36. The number of carbonyl (C=O) groups excluding carboxylic acids is 2. The molecule has 2 aromatic carbocycles. The van der Waals surface area contributed by atoms with E-state index in [2.05, 4.69) is 10.0 Å². The molecule has 0 spiro atoms. The van der Waals surface area contributed by atoms with Gasteiger partial charge >= 0.3 is 5.97 Å². The molecule has 0 saturated heterocycles. The highest BCUT2D eigenvalue weighted by Crippen LogP contribution is 2.24. The number of thioether (sulfide) groups is 1. The average molecular weight is 423 g/mol. The van der Waals surface area contributed by atoms with Crippen molar-refractivity contribution in [3.05, 3.63) is 53.6 Å².